The van der Waals surface area contributed by atoms with Crippen LogP contribution in [0.15, 0.2) is 30.6 Å². The molecule has 1 heterocycles. The number of benzene rings is 1. The number of hydrogen-bond acceptors (Lipinski definition) is 4. The monoisotopic (exact) mass is 190 g/mol. The van der Waals surface area contributed by atoms with Crippen molar-refractivity contribution in [3.8, 4) is 11.4 Å². The largest absolute Gasteiger partial charge is 0.494 e. The smallest absolute Gasteiger partial charge is 0.146 e. The average Bonchev–Trinajstić information content (AvgIpc) is 2.70. The molecule has 0 aliphatic carbocycles. The highest BCUT2D eigenvalue weighted by Crippen LogP contribution is 2.23. The van der Waals surface area contributed by atoms with Crippen LogP contribution in [-0.4, -0.2) is 22.1 Å². The minimum absolute atomic E-state index is 0.651. The molecule has 0 aliphatic rings. The van der Waals surface area contributed by atoms with Gasteiger partial charge in [0.1, 0.15) is 11.4 Å². The number of nitrogens with zero attached hydrogens (tertiary/aromatic N) is 3. The van der Waals surface area contributed by atoms with Gasteiger partial charge < -0.3 is 10.5 Å². The van der Waals surface area contributed by atoms with Gasteiger partial charge in [0.25, 0.3) is 0 Å². The maximum atomic E-state index is 5.66. The maximum absolute atomic E-state index is 5.66. The Labute approximate surface area is 81.1 Å². The fourth-order valence-corrected chi connectivity index (χ4v) is 1.20. The van der Waals surface area contributed by atoms with E-state index in [-0.39, 0.29) is 0 Å². The molecule has 72 valence electrons. The lowest BCUT2D eigenvalue weighted by Gasteiger charge is -2.07. The van der Waals surface area contributed by atoms with Gasteiger partial charge in [0.05, 0.1) is 19.5 Å². The second-order valence-corrected chi connectivity index (χ2v) is 2.75. The molecular weight excluding hydrogens is 180 g/mol. The first-order chi connectivity index (χ1) is 6.81. The molecule has 0 fully saturated rings. The molecule has 0 saturated carbocycles. The van der Waals surface area contributed by atoms with E-state index in [1.54, 1.807) is 37.7 Å². The van der Waals surface area contributed by atoms with E-state index in [0.717, 1.165) is 5.69 Å². The number of rotatable bonds is 2. The third kappa shape index (κ3) is 1.39. The van der Waals surface area contributed by atoms with Crippen LogP contribution in [0, 0.1) is 0 Å². The van der Waals surface area contributed by atoms with E-state index in [4.69, 9.17) is 10.5 Å². The molecule has 2 aromatic rings. The predicted molar refractivity (Wildman–Crippen MR) is 52.3 cm³/mol. The topological polar surface area (TPSA) is 66.0 Å². The highest BCUT2D eigenvalue weighted by atomic mass is 16.5. The van der Waals surface area contributed by atoms with Gasteiger partial charge in [0.15, 0.2) is 0 Å². The van der Waals surface area contributed by atoms with Crippen LogP contribution in [0.1, 0.15) is 0 Å². The molecule has 0 atom stereocenters. The number of aromatic nitrogens is 3. The minimum Gasteiger partial charge on any atom is -0.494 e. The zero-order valence-electron chi connectivity index (χ0n) is 7.71. The lowest BCUT2D eigenvalue weighted by molar-refractivity contribution is 0.410. The molecule has 0 saturated heterocycles. The summed E-state index contributed by atoms with van der Waals surface area (Å²) in [5.41, 5.74) is 7.05. The van der Waals surface area contributed by atoms with Crippen LogP contribution in [0.5, 0.6) is 5.75 Å². The molecule has 1 aromatic carbocycles. The molecule has 5 heteroatoms. The summed E-state index contributed by atoms with van der Waals surface area (Å²) in [5.74, 6) is 0.690. The molecule has 0 bridgehead atoms. The summed E-state index contributed by atoms with van der Waals surface area (Å²) in [5, 5.41) is 8.01. The maximum Gasteiger partial charge on any atom is 0.146 e. The number of nitrogen functional groups attached to an aromatic ring is 1. The number of methoxy groups -OCH3 is 1. The van der Waals surface area contributed by atoms with Crippen LogP contribution < -0.4 is 10.5 Å². The molecule has 0 radical (unpaired) electrons. The Balaban J connectivity index is 2.55. The van der Waals surface area contributed by atoms with Crippen LogP contribution >= 0.6 is 0 Å². The molecule has 14 heavy (non-hydrogen) atoms. The van der Waals surface area contributed by atoms with Crippen molar-refractivity contribution < 1.29 is 4.74 Å². The summed E-state index contributed by atoms with van der Waals surface area (Å²) < 4.78 is 5.17. The van der Waals surface area contributed by atoms with Crippen molar-refractivity contribution in [1.82, 2.24) is 15.0 Å². The molecule has 0 aliphatic heterocycles. The average molecular weight is 190 g/mol. The molecule has 1 aromatic heterocycles. The third-order valence-corrected chi connectivity index (χ3v) is 1.84. The SMILES string of the molecule is COc1ccc(N)cc1-n1nccn1. The van der Waals surface area contributed by atoms with Crippen molar-refractivity contribution in [2.24, 2.45) is 0 Å². The van der Waals surface area contributed by atoms with E-state index in [0.29, 0.717) is 11.4 Å². The quantitative estimate of drug-likeness (QED) is 0.713. The minimum atomic E-state index is 0.651. The second-order valence-electron chi connectivity index (χ2n) is 2.75. The van der Waals surface area contributed by atoms with Gasteiger partial charge in [-0.25, -0.2) is 0 Å². The number of hydrogen-bond donors (Lipinski definition) is 1. The van der Waals surface area contributed by atoms with Crippen LogP contribution in [0.4, 0.5) is 5.69 Å². The standard InChI is InChI=1S/C9H10N4O/c1-14-9-3-2-7(10)6-8(9)13-11-4-5-12-13/h2-6H,10H2,1H3. The first-order valence-corrected chi connectivity index (χ1v) is 4.11. The van der Waals surface area contributed by atoms with Gasteiger partial charge in [-0.1, -0.05) is 0 Å². The molecule has 0 amide bonds. The Morgan fingerprint density at radius 3 is 2.64 bits per heavy atom. The van der Waals surface area contributed by atoms with E-state index in [2.05, 4.69) is 10.2 Å². The van der Waals surface area contributed by atoms with E-state index >= 15 is 0 Å². The molecule has 0 unspecified atom stereocenters. The van der Waals surface area contributed by atoms with Crippen molar-refractivity contribution >= 4 is 5.69 Å². The van der Waals surface area contributed by atoms with Crippen molar-refractivity contribution in [3.05, 3.63) is 30.6 Å². The van der Waals surface area contributed by atoms with Crippen LogP contribution in [0.3, 0.4) is 0 Å². The van der Waals surface area contributed by atoms with Crippen LogP contribution in [0.2, 0.25) is 0 Å². The molecular formula is C9H10N4O. The second kappa shape index (κ2) is 3.37. The first-order valence-electron chi connectivity index (χ1n) is 4.11. The first kappa shape index (κ1) is 8.55. The summed E-state index contributed by atoms with van der Waals surface area (Å²) in [6, 6.07) is 5.32. The summed E-state index contributed by atoms with van der Waals surface area (Å²) in [4.78, 5) is 1.47. The van der Waals surface area contributed by atoms with Gasteiger partial charge in [0.2, 0.25) is 0 Å². The van der Waals surface area contributed by atoms with Gasteiger partial charge >= 0.3 is 0 Å². The van der Waals surface area contributed by atoms with Gasteiger partial charge in [0, 0.05) is 5.69 Å². The molecule has 0 spiro atoms. The number of ether oxygens (including phenoxy) is 1. The Bertz CT molecular complexity index is 424. The Morgan fingerprint density at radius 1 is 1.29 bits per heavy atom. The molecule has 2 N–H and O–H groups in total. The fraction of sp³-hybridized carbons (Fsp3) is 0.111. The van der Waals surface area contributed by atoms with E-state index in [9.17, 15) is 0 Å². The highest BCUT2D eigenvalue weighted by Gasteiger charge is 2.06. The van der Waals surface area contributed by atoms with Crippen LogP contribution in [0.25, 0.3) is 5.69 Å². The van der Waals surface area contributed by atoms with Crippen molar-refractivity contribution in [2.45, 2.75) is 0 Å². The number of anilines is 1. The van der Waals surface area contributed by atoms with E-state index in [1.807, 2.05) is 0 Å². The molecule has 5 nitrogen and oxygen atoms in total. The number of nitrogens with two attached hydrogens (primary N) is 1. The van der Waals surface area contributed by atoms with Crippen molar-refractivity contribution in [2.75, 3.05) is 12.8 Å². The lowest BCUT2D eigenvalue weighted by Crippen LogP contribution is -2.02. The third-order valence-electron chi connectivity index (χ3n) is 1.84. The van der Waals surface area contributed by atoms with Gasteiger partial charge in [-0.15, -0.1) is 4.80 Å². The Hall–Kier alpha value is -2.04. The van der Waals surface area contributed by atoms with Gasteiger partial charge in [-0.3, -0.25) is 0 Å². The van der Waals surface area contributed by atoms with Gasteiger partial charge in [-0.2, -0.15) is 10.2 Å². The zero-order chi connectivity index (χ0) is 9.97. The summed E-state index contributed by atoms with van der Waals surface area (Å²) >= 11 is 0. The predicted octanol–water partition coefficient (Wildman–Crippen LogP) is 0.858. The van der Waals surface area contributed by atoms with E-state index in [1.165, 1.54) is 4.80 Å². The highest BCUT2D eigenvalue weighted by molar-refractivity contribution is 5.55. The van der Waals surface area contributed by atoms with Crippen molar-refractivity contribution in [3.63, 3.8) is 0 Å². The van der Waals surface area contributed by atoms with E-state index < -0.39 is 0 Å². The fourth-order valence-electron chi connectivity index (χ4n) is 1.20. The summed E-state index contributed by atoms with van der Waals surface area (Å²) in [6.07, 6.45) is 3.20. The van der Waals surface area contributed by atoms with Gasteiger partial charge in [-0.05, 0) is 18.2 Å². The Morgan fingerprint density at radius 2 is 2.00 bits per heavy atom. The van der Waals surface area contributed by atoms with Crippen LogP contribution in [-0.2, 0) is 0 Å². The lowest BCUT2D eigenvalue weighted by atomic mass is 10.2. The Kier molecular flexibility index (Phi) is 2.06. The zero-order valence-corrected chi connectivity index (χ0v) is 7.71. The molecule has 2 rings (SSSR count). The summed E-state index contributed by atoms with van der Waals surface area (Å²) in [6.45, 7) is 0. The summed E-state index contributed by atoms with van der Waals surface area (Å²) in [7, 11) is 1.60. The van der Waals surface area contributed by atoms with Crippen molar-refractivity contribution in [1.29, 1.82) is 0 Å². The normalized spacial score (nSPS) is 10.1.